The van der Waals surface area contributed by atoms with Gasteiger partial charge in [-0.15, -0.1) is 0 Å². The Labute approximate surface area is 687 Å². The second kappa shape index (κ2) is 30.2. The van der Waals surface area contributed by atoms with Crippen LogP contribution in [0.1, 0.15) is 16.7 Å². The number of aromatic nitrogens is 6. The highest BCUT2D eigenvalue weighted by Crippen LogP contribution is 2.48. The molecule has 0 saturated heterocycles. The van der Waals surface area contributed by atoms with Crippen LogP contribution in [0.15, 0.2) is 408 Å². The SMILES string of the molecule is Brc1cc(-c2ccccc2)ccc1Cn1c(-c2ccc(-c3ccc4c(c3)nc(-c3ccc(-c5ccc(-c6c(-c7ccccc7)c7cc(-c8ccc9c(c8)c(-c8ccccc8)c(-c8ccccc8)n9Cc8ccccc8Br)ccc7n6-c6ccccc6)cc5)cc3)n4Cc3c(Br)cccc3-c3ccccc3)cc2)nc2ccccc21. The molecule has 4 heterocycles. The Morgan fingerprint density at radius 3 is 1.24 bits per heavy atom. The Balaban J connectivity index is 0.657. The maximum atomic E-state index is 5.60. The first kappa shape index (κ1) is 70.1. The van der Waals surface area contributed by atoms with Gasteiger partial charge < -0.3 is 18.3 Å². The molecule has 0 aliphatic rings. The molecule has 0 aliphatic carbocycles. The van der Waals surface area contributed by atoms with Gasteiger partial charge in [-0.2, -0.15) is 0 Å². The van der Waals surface area contributed by atoms with Crippen molar-refractivity contribution < 1.29 is 0 Å². The minimum absolute atomic E-state index is 0.583. The van der Waals surface area contributed by atoms with E-state index in [2.05, 4.69) is 460 Å². The average Bonchev–Trinajstić information content (AvgIpc) is 1.57. The number of imidazole rings is 2. The second-order valence-electron chi connectivity index (χ2n) is 29.1. The minimum Gasteiger partial charge on any atom is -0.335 e. The first-order chi connectivity index (χ1) is 56.3. The fraction of sp³-hybridized carbons (Fsp3) is 0.0286. The quantitative estimate of drug-likeness (QED) is 0.0859. The zero-order chi connectivity index (χ0) is 76.2. The summed E-state index contributed by atoms with van der Waals surface area (Å²) in [4.78, 5) is 10.9. The van der Waals surface area contributed by atoms with E-state index in [-0.39, 0.29) is 0 Å². The summed E-state index contributed by atoms with van der Waals surface area (Å²) in [6.45, 7) is 1.93. The van der Waals surface area contributed by atoms with Crippen molar-refractivity contribution in [2.24, 2.45) is 0 Å². The molecule has 0 unspecified atom stereocenters. The van der Waals surface area contributed by atoms with Crippen molar-refractivity contribution in [3.05, 3.63) is 424 Å². The molecule has 0 N–H and O–H groups in total. The Bertz CT molecular complexity index is 6970. The van der Waals surface area contributed by atoms with E-state index in [1.807, 2.05) is 0 Å². The zero-order valence-corrected chi connectivity index (χ0v) is 66.7. The lowest BCUT2D eigenvalue weighted by Gasteiger charge is -2.16. The van der Waals surface area contributed by atoms with E-state index in [1.54, 1.807) is 0 Å². The van der Waals surface area contributed by atoms with E-state index >= 15 is 0 Å². The van der Waals surface area contributed by atoms with Crippen molar-refractivity contribution in [3.8, 4) is 129 Å². The third kappa shape index (κ3) is 13.1. The highest BCUT2D eigenvalue weighted by Gasteiger charge is 2.27. The van der Waals surface area contributed by atoms with Crippen LogP contribution in [0.3, 0.4) is 0 Å². The molecule has 20 rings (SSSR count). The lowest BCUT2D eigenvalue weighted by atomic mass is 9.94. The Hall–Kier alpha value is -13.0. The van der Waals surface area contributed by atoms with Gasteiger partial charge in [-0.25, -0.2) is 9.97 Å². The van der Waals surface area contributed by atoms with Crippen molar-refractivity contribution in [1.82, 2.24) is 28.2 Å². The maximum absolute atomic E-state index is 5.60. The highest BCUT2D eigenvalue weighted by atomic mass is 79.9. The molecule has 114 heavy (non-hydrogen) atoms. The molecule has 9 heteroatoms. The van der Waals surface area contributed by atoms with Gasteiger partial charge in [0.2, 0.25) is 0 Å². The molecular formula is C105H71Br3N6. The van der Waals surface area contributed by atoms with Gasteiger partial charge in [-0.3, -0.25) is 0 Å². The summed E-state index contributed by atoms with van der Waals surface area (Å²) in [5, 5.41) is 2.37. The fourth-order valence-corrected chi connectivity index (χ4v) is 18.2. The van der Waals surface area contributed by atoms with E-state index in [0.717, 1.165) is 125 Å². The van der Waals surface area contributed by atoms with Gasteiger partial charge in [0.1, 0.15) is 11.6 Å². The summed E-state index contributed by atoms with van der Waals surface area (Å²) < 4.78 is 12.9. The molecule has 0 spiro atoms. The van der Waals surface area contributed by atoms with E-state index in [1.165, 1.54) is 77.6 Å². The van der Waals surface area contributed by atoms with Crippen molar-refractivity contribution >= 4 is 91.7 Å². The van der Waals surface area contributed by atoms with Crippen LogP contribution >= 0.6 is 47.8 Å². The monoisotopic (exact) mass is 1650 g/mol. The maximum Gasteiger partial charge on any atom is 0.141 e. The predicted octanol–water partition coefficient (Wildman–Crippen LogP) is 29.1. The summed E-state index contributed by atoms with van der Waals surface area (Å²) in [6.07, 6.45) is 0. The molecule has 0 bridgehead atoms. The molecule has 16 aromatic carbocycles. The van der Waals surface area contributed by atoms with Crippen LogP contribution < -0.4 is 0 Å². The summed E-state index contributed by atoms with van der Waals surface area (Å²) in [6, 6.07) is 143. The van der Waals surface area contributed by atoms with Crippen LogP contribution in [-0.2, 0) is 19.6 Å². The second-order valence-corrected chi connectivity index (χ2v) is 31.7. The molecule has 0 fully saturated rings. The number of benzene rings is 16. The molecule has 4 aromatic heterocycles. The number of hydrogen-bond donors (Lipinski definition) is 0. The molecule has 6 nitrogen and oxygen atoms in total. The first-order valence-corrected chi connectivity index (χ1v) is 40.9. The molecule has 0 saturated carbocycles. The smallest absolute Gasteiger partial charge is 0.141 e. The fourth-order valence-electron chi connectivity index (χ4n) is 16.8. The summed E-state index contributed by atoms with van der Waals surface area (Å²) in [5.41, 5.74) is 33.8. The topological polar surface area (TPSA) is 45.5 Å². The summed E-state index contributed by atoms with van der Waals surface area (Å²) in [7, 11) is 0. The number of rotatable bonds is 18. The van der Waals surface area contributed by atoms with Gasteiger partial charge >= 0.3 is 0 Å². The lowest BCUT2D eigenvalue weighted by molar-refractivity contribution is 0.831. The standard InChI is InChI=1S/C105H71Br3N6/c106-91-38-20-19-34-84(91)66-111-96-59-56-80(62-88(96)100(74-28-11-3-12-29-74)102(111)76-32-15-5-16-33-76)81-57-60-97-89(63-81)101(75-30-13-4-14-31-75)103(114(97)86-35-17-6-18-36-86)77-48-42-70(43-49-77)71-44-50-79(51-45-71)105-110-95-65-83(58-61-99(95)113(105)68-90-87(37-23-39-92(90)107)73-26-9-2-10-27-73)72-46-52-78(53-47-72)104-109-94-40-21-22-41-98(94)112(104)67-85-55-54-82(64-93(85)108)69-24-7-1-8-25-69/h1-65H,66-68H2. The molecular weight excluding hydrogens is 1580 g/mol. The van der Waals surface area contributed by atoms with Crippen LogP contribution in [0.5, 0.6) is 0 Å². The zero-order valence-electron chi connectivity index (χ0n) is 62.0. The van der Waals surface area contributed by atoms with Crippen molar-refractivity contribution in [3.63, 3.8) is 0 Å². The number of fused-ring (bicyclic) bond motifs is 4. The Morgan fingerprint density at radius 2 is 0.623 bits per heavy atom. The van der Waals surface area contributed by atoms with Crippen LogP contribution in [-0.4, -0.2) is 28.2 Å². The van der Waals surface area contributed by atoms with Gasteiger partial charge in [0.05, 0.1) is 52.1 Å². The molecule has 542 valence electrons. The third-order valence-electron chi connectivity index (χ3n) is 22.4. The van der Waals surface area contributed by atoms with E-state index in [4.69, 9.17) is 9.97 Å². The minimum atomic E-state index is 0.583. The largest absolute Gasteiger partial charge is 0.335 e. The van der Waals surface area contributed by atoms with E-state index < -0.39 is 0 Å². The molecule has 0 aliphatic heterocycles. The number of nitrogens with zero attached hydrogens (tertiary/aromatic N) is 6. The van der Waals surface area contributed by atoms with E-state index in [0.29, 0.717) is 19.6 Å². The van der Waals surface area contributed by atoms with E-state index in [9.17, 15) is 0 Å². The van der Waals surface area contributed by atoms with Gasteiger partial charge in [0.25, 0.3) is 0 Å². The van der Waals surface area contributed by atoms with Crippen molar-refractivity contribution in [2.75, 3.05) is 0 Å². The van der Waals surface area contributed by atoms with Crippen LogP contribution in [0.4, 0.5) is 0 Å². The van der Waals surface area contributed by atoms with Crippen LogP contribution in [0, 0.1) is 0 Å². The number of halogens is 3. The molecule has 0 radical (unpaired) electrons. The molecule has 20 aromatic rings. The van der Waals surface area contributed by atoms with Crippen molar-refractivity contribution in [2.45, 2.75) is 19.6 Å². The molecule has 0 atom stereocenters. The average molecular weight is 1660 g/mol. The van der Waals surface area contributed by atoms with Gasteiger partial charge in [-0.05, 0) is 173 Å². The van der Waals surface area contributed by atoms with Gasteiger partial charge in [0.15, 0.2) is 0 Å². The van der Waals surface area contributed by atoms with Crippen LogP contribution in [0.2, 0.25) is 0 Å². The Kier molecular flexibility index (Phi) is 18.6. The van der Waals surface area contributed by atoms with Crippen LogP contribution in [0.25, 0.3) is 173 Å². The van der Waals surface area contributed by atoms with Gasteiger partial charge in [0, 0.05) is 64.2 Å². The predicted molar refractivity (Wildman–Crippen MR) is 485 cm³/mol. The first-order valence-electron chi connectivity index (χ1n) is 38.5. The van der Waals surface area contributed by atoms with Crippen molar-refractivity contribution in [1.29, 1.82) is 0 Å². The third-order valence-corrected chi connectivity index (χ3v) is 24.6. The summed E-state index contributed by atoms with van der Waals surface area (Å²) in [5.74, 6) is 1.81. The van der Waals surface area contributed by atoms with Gasteiger partial charge in [-0.1, -0.05) is 363 Å². The number of para-hydroxylation sites is 3. The number of hydrogen-bond acceptors (Lipinski definition) is 2. The molecule has 0 amide bonds. The normalized spacial score (nSPS) is 11.6. The highest BCUT2D eigenvalue weighted by molar-refractivity contribution is 9.11. The summed E-state index contributed by atoms with van der Waals surface area (Å²) >= 11 is 11.9. The lowest BCUT2D eigenvalue weighted by Crippen LogP contribution is -2.05. The Morgan fingerprint density at radius 1 is 0.228 bits per heavy atom.